The minimum atomic E-state index is -0.237. The fraction of sp³-hybridized carbons (Fsp3) is 0.455. The number of aromatic nitrogens is 1. The Morgan fingerprint density at radius 3 is 2.88 bits per heavy atom. The number of hydrogen-bond acceptors (Lipinski definition) is 3. The molecule has 16 heavy (non-hydrogen) atoms. The van der Waals surface area contributed by atoms with E-state index in [0.717, 1.165) is 3.57 Å². The Morgan fingerprint density at radius 1 is 1.62 bits per heavy atom. The van der Waals surface area contributed by atoms with Crippen LogP contribution in [-0.2, 0) is 16.1 Å². The van der Waals surface area contributed by atoms with E-state index in [0.29, 0.717) is 13.0 Å². The Labute approximate surface area is 108 Å². The molecule has 1 rings (SSSR count). The smallest absolute Gasteiger partial charge is 0.308 e. The fourth-order valence-electron chi connectivity index (χ4n) is 1.32. The normalized spacial score (nSPS) is 12.2. The highest BCUT2D eigenvalue weighted by Gasteiger charge is 2.12. The fourth-order valence-corrected chi connectivity index (χ4v) is 1.75. The molecule has 0 aliphatic carbocycles. The lowest BCUT2D eigenvalue weighted by Gasteiger charge is -2.10. The van der Waals surface area contributed by atoms with Crippen LogP contribution in [0.4, 0.5) is 0 Å². The molecule has 0 aromatic carbocycles. The molecule has 0 radical (unpaired) electrons. The molecule has 0 amide bonds. The van der Waals surface area contributed by atoms with E-state index in [1.54, 1.807) is 23.8 Å². The molecule has 0 spiro atoms. The highest BCUT2D eigenvalue weighted by molar-refractivity contribution is 14.1. The van der Waals surface area contributed by atoms with Gasteiger partial charge in [-0.15, -0.1) is 0 Å². The third-order valence-corrected chi connectivity index (χ3v) is 3.04. The average Bonchev–Trinajstić information content (AvgIpc) is 2.26. The summed E-state index contributed by atoms with van der Waals surface area (Å²) in [6, 6.07) is 3.44. The van der Waals surface area contributed by atoms with Gasteiger partial charge in [0.15, 0.2) is 0 Å². The summed E-state index contributed by atoms with van der Waals surface area (Å²) in [6.45, 7) is 2.33. The maximum Gasteiger partial charge on any atom is 0.308 e. The maximum atomic E-state index is 11.5. The molecule has 88 valence electrons. The number of ether oxygens (including phenoxy) is 1. The van der Waals surface area contributed by atoms with Crippen LogP contribution in [0, 0.1) is 9.49 Å². The first kappa shape index (κ1) is 13.2. The molecule has 0 fully saturated rings. The third-order valence-electron chi connectivity index (χ3n) is 2.36. The summed E-state index contributed by atoms with van der Waals surface area (Å²) < 4.78 is 7.14. The minimum absolute atomic E-state index is 0.0380. The Kier molecular flexibility index (Phi) is 4.98. The second-order valence-corrected chi connectivity index (χ2v) is 4.84. The zero-order valence-electron chi connectivity index (χ0n) is 9.27. The predicted molar refractivity (Wildman–Crippen MR) is 69.2 cm³/mol. The molecule has 1 unspecified atom stereocenters. The van der Waals surface area contributed by atoms with Crippen LogP contribution in [0.1, 0.15) is 13.3 Å². The number of carbonyl (C=O) groups is 1. The van der Waals surface area contributed by atoms with Gasteiger partial charge >= 0.3 is 5.97 Å². The van der Waals surface area contributed by atoms with E-state index >= 15 is 0 Å². The van der Waals surface area contributed by atoms with Gasteiger partial charge in [-0.2, -0.15) is 0 Å². The van der Waals surface area contributed by atoms with E-state index in [4.69, 9.17) is 0 Å². The van der Waals surface area contributed by atoms with Crippen LogP contribution in [0.25, 0.3) is 0 Å². The summed E-state index contributed by atoms with van der Waals surface area (Å²) in [5.41, 5.74) is -0.0380. The van der Waals surface area contributed by atoms with E-state index in [-0.39, 0.29) is 17.4 Å². The number of halogens is 1. The molecular weight excluding hydrogens is 321 g/mol. The second-order valence-electron chi connectivity index (χ2n) is 3.59. The molecule has 0 saturated carbocycles. The second kappa shape index (κ2) is 6.03. The van der Waals surface area contributed by atoms with Crippen molar-refractivity contribution in [2.24, 2.45) is 5.92 Å². The first-order valence-corrected chi connectivity index (χ1v) is 6.06. The maximum absolute atomic E-state index is 11.5. The van der Waals surface area contributed by atoms with Gasteiger partial charge in [0, 0.05) is 22.4 Å². The van der Waals surface area contributed by atoms with Crippen molar-refractivity contribution in [3.63, 3.8) is 0 Å². The van der Waals surface area contributed by atoms with Crippen molar-refractivity contribution in [3.05, 3.63) is 32.3 Å². The number of nitrogens with zero attached hydrogens (tertiary/aromatic N) is 1. The highest BCUT2D eigenvalue weighted by Crippen LogP contribution is 2.06. The van der Waals surface area contributed by atoms with E-state index in [1.165, 1.54) is 7.11 Å². The van der Waals surface area contributed by atoms with E-state index in [9.17, 15) is 9.59 Å². The van der Waals surface area contributed by atoms with Crippen LogP contribution >= 0.6 is 22.6 Å². The van der Waals surface area contributed by atoms with Gasteiger partial charge in [-0.3, -0.25) is 9.59 Å². The molecule has 1 atom stereocenters. The van der Waals surface area contributed by atoms with Gasteiger partial charge in [0.05, 0.1) is 13.0 Å². The summed E-state index contributed by atoms with van der Waals surface area (Å²) in [5, 5.41) is 0. The molecule has 5 heteroatoms. The van der Waals surface area contributed by atoms with Gasteiger partial charge in [-0.05, 0) is 35.1 Å². The number of pyridine rings is 1. The molecule has 0 saturated heterocycles. The average molecular weight is 335 g/mol. The molecule has 0 aliphatic heterocycles. The quantitative estimate of drug-likeness (QED) is 0.621. The highest BCUT2D eigenvalue weighted by atomic mass is 127. The molecule has 0 bridgehead atoms. The summed E-state index contributed by atoms with van der Waals surface area (Å²) in [6.07, 6.45) is 2.35. The van der Waals surface area contributed by atoms with Crippen molar-refractivity contribution in [1.29, 1.82) is 0 Å². The van der Waals surface area contributed by atoms with Gasteiger partial charge in [0.1, 0.15) is 0 Å². The first-order valence-electron chi connectivity index (χ1n) is 4.98. The van der Waals surface area contributed by atoms with E-state index < -0.39 is 0 Å². The van der Waals surface area contributed by atoms with Crippen LogP contribution in [0.2, 0.25) is 0 Å². The first-order chi connectivity index (χ1) is 7.54. The van der Waals surface area contributed by atoms with Crippen LogP contribution in [0.3, 0.4) is 0 Å². The monoisotopic (exact) mass is 335 g/mol. The molecule has 4 nitrogen and oxygen atoms in total. The topological polar surface area (TPSA) is 48.3 Å². The lowest BCUT2D eigenvalue weighted by atomic mass is 10.1. The number of carbonyl (C=O) groups excluding carboxylic acids is 1. The molecule has 1 aromatic heterocycles. The van der Waals surface area contributed by atoms with Crippen molar-refractivity contribution in [1.82, 2.24) is 4.57 Å². The number of hydrogen-bond donors (Lipinski definition) is 0. The Balaban J connectivity index is 2.61. The van der Waals surface area contributed by atoms with Crippen LogP contribution < -0.4 is 5.56 Å². The molecule has 0 N–H and O–H groups in total. The Morgan fingerprint density at radius 2 is 2.31 bits per heavy atom. The summed E-state index contributed by atoms with van der Waals surface area (Å²) in [5.74, 6) is -0.422. The zero-order valence-corrected chi connectivity index (χ0v) is 11.4. The van der Waals surface area contributed by atoms with Crippen LogP contribution in [-0.4, -0.2) is 17.6 Å². The van der Waals surface area contributed by atoms with Crippen molar-refractivity contribution in [3.8, 4) is 0 Å². The lowest BCUT2D eigenvalue weighted by molar-refractivity contribution is -0.145. The number of rotatable bonds is 4. The van der Waals surface area contributed by atoms with Crippen LogP contribution in [0.5, 0.6) is 0 Å². The molecule has 1 aromatic rings. The SMILES string of the molecule is COC(=O)C(C)CCn1ccc(I)cc1=O. The molecule has 0 aliphatic rings. The van der Waals surface area contributed by atoms with Crippen molar-refractivity contribution in [2.45, 2.75) is 19.9 Å². The summed E-state index contributed by atoms with van der Waals surface area (Å²) in [7, 11) is 1.37. The largest absolute Gasteiger partial charge is 0.469 e. The molecule has 1 heterocycles. The van der Waals surface area contributed by atoms with Gasteiger partial charge in [-0.1, -0.05) is 6.92 Å². The van der Waals surface area contributed by atoms with Crippen molar-refractivity contribution in [2.75, 3.05) is 7.11 Å². The van der Waals surface area contributed by atoms with Gasteiger partial charge in [0.25, 0.3) is 5.56 Å². The van der Waals surface area contributed by atoms with Gasteiger partial charge in [-0.25, -0.2) is 0 Å². The van der Waals surface area contributed by atoms with E-state index in [1.807, 2.05) is 6.07 Å². The Hall–Kier alpha value is -0.850. The zero-order chi connectivity index (χ0) is 12.1. The van der Waals surface area contributed by atoms with Crippen LogP contribution in [0.15, 0.2) is 23.1 Å². The van der Waals surface area contributed by atoms with Gasteiger partial charge in [0.2, 0.25) is 0 Å². The number of esters is 1. The third kappa shape index (κ3) is 3.62. The summed E-state index contributed by atoms with van der Waals surface area (Å²) >= 11 is 2.09. The Bertz CT molecular complexity index is 427. The minimum Gasteiger partial charge on any atom is -0.469 e. The standard InChI is InChI=1S/C11H14INO3/c1-8(11(15)16-2)3-5-13-6-4-9(12)7-10(13)14/h4,6-8H,3,5H2,1-2H3. The van der Waals surface area contributed by atoms with E-state index in [2.05, 4.69) is 27.3 Å². The number of aryl methyl sites for hydroxylation is 1. The predicted octanol–water partition coefficient (Wildman–Crippen LogP) is 1.65. The molecular formula is C11H14INO3. The van der Waals surface area contributed by atoms with Crippen molar-refractivity contribution >= 4 is 28.6 Å². The van der Waals surface area contributed by atoms with Gasteiger partial charge < -0.3 is 9.30 Å². The lowest BCUT2D eigenvalue weighted by Crippen LogP contribution is -2.22. The summed E-state index contributed by atoms with van der Waals surface area (Å²) in [4.78, 5) is 22.7. The van der Waals surface area contributed by atoms with Crippen molar-refractivity contribution < 1.29 is 9.53 Å². The number of methoxy groups -OCH3 is 1.